The van der Waals surface area contributed by atoms with Crippen LogP contribution in [0.15, 0.2) is 55.1 Å². The molecule has 0 aliphatic carbocycles. The molecule has 0 radical (unpaired) electrons. The fraction of sp³-hybridized carbons (Fsp3) is 0.167. The fourth-order valence-corrected chi connectivity index (χ4v) is 3.61. The molecule has 0 heterocycles. The highest BCUT2D eigenvalue weighted by atomic mass is 35.5. The van der Waals surface area contributed by atoms with Crippen molar-refractivity contribution in [2.45, 2.75) is 12.2 Å². The first-order valence-corrected chi connectivity index (χ1v) is 10.1. The smallest absolute Gasteiger partial charge is 0.228 e. The lowest BCUT2D eigenvalue weighted by Crippen LogP contribution is -2.25. The number of hydrogen-bond acceptors (Lipinski definition) is 3. The lowest BCUT2D eigenvalue weighted by molar-refractivity contribution is -0.115. The number of amides is 1. The molecule has 0 saturated heterocycles. The van der Waals surface area contributed by atoms with Crippen LogP contribution in [0.4, 0.5) is 5.69 Å². The molecule has 138 valence electrons. The van der Waals surface area contributed by atoms with Crippen LogP contribution in [-0.4, -0.2) is 20.9 Å². The molecule has 2 N–H and O–H groups in total. The van der Waals surface area contributed by atoms with Gasteiger partial charge in [0.1, 0.15) is 0 Å². The Labute approximate surface area is 163 Å². The maximum Gasteiger partial charge on any atom is 0.228 e. The van der Waals surface area contributed by atoms with Crippen LogP contribution in [0.2, 0.25) is 10.0 Å². The zero-order valence-corrected chi connectivity index (χ0v) is 16.2. The van der Waals surface area contributed by atoms with E-state index in [4.69, 9.17) is 23.2 Å². The van der Waals surface area contributed by atoms with Gasteiger partial charge in [0.05, 0.1) is 22.2 Å². The monoisotopic (exact) mass is 412 g/mol. The molecule has 0 aromatic heterocycles. The predicted molar refractivity (Wildman–Crippen MR) is 106 cm³/mol. The molecule has 2 aromatic carbocycles. The largest absolute Gasteiger partial charge is 0.326 e. The number of sulfonamides is 1. The molecule has 8 heteroatoms. The van der Waals surface area contributed by atoms with Crippen molar-refractivity contribution in [3.8, 4) is 0 Å². The number of nitrogens with one attached hydrogen (secondary N) is 2. The van der Waals surface area contributed by atoms with Crippen molar-refractivity contribution in [2.75, 3.05) is 11.9 Å². The van der Waals surface area contributed by atoms with Crippen molar-refractivity contribution in [1.29, 1.82) is 0 Å². The molecule has 2 rings (SSSR count). The van der Waals surface area contributed by atoms with E-state index in [1.54, 1.807) is 42.5 Å². The third-order valence-electron chi connectivity index (χ3n) is 3.39. The van der Waals surface area contributed by atoms with Gasteiger partial charge >= 0.3 is 0 Å². The number of rotatable bonds is 8. The molecule has 1 amide bonds. The molecule has 0 saturated carbocycles. The van der Waals surface area contributed by atoms with E-state index in [0.717, 1.165) is 5.56 Å². The average molecular weight is 413 g/mol. The Morgan fingerprint density at radius 2 is 1.69 bits per heavy atom. The van der Waals surface area contributed by atoms with Crippen molar-refractivity contribution in [3.63, 3.8) is 0 Å². The quantitative estimate of drug-likeness (QED) is 0.647. The van der Waals surface area contributed by atoms with Crippen molar-refractivity contribution < 1.29 is 13.2 Å². The molecule has 0 fully saturated rings. The van der Waals surface area contributed by atoms with Gasteiger partial charge in [-0.25, -0.2) is 13.1 Å². The first-order valence-electron chi connectivity index (χ1n) is 7.70. The number of carbonyl (C=O) groups is 1. The minimum Gasteiger partial charge on any atom is -0.326 e. The van der Waals surface area contributed by atoms with Crippen LogP contribution in [0.5, 0.6) is 0 Å². The summed E-state index contributed by atoms with van der Waals surface area (Å²) in [4.78, 5) is 12.1. The summed E-state index contributed by atoms with van der Waals surface area (Å²) in [5.41, 5.74) is 1.94. The van der Waals surface area contributed by atoms with E-state index in [0.29, 0.717) is 21.3 Å². The summed E-state index contributed by atoms with van der Waals surface area (Å²) in [7, 11) is -3.41. The number of halogens is 2. The second-order valence-corrected chi connectivity index (χ2v) is 8.19. The van der Waals surface area contributed by atoms with E-state index in [1.807, 2.05) is 0 Å². The topological polar surface area (TPSA) is 75.3 Å². The van der Waals surface area contributed by atoms with Gasteiger partial charge in [-0.3, -0.25) is 4.79 Å². The summed E-state index contributed by atoms with van der Waals surface area (Å²) in [5.74, 6) is -0.352. The SMILES string of the molecule is C=CCNS(=O)(=O)Cc1ccc(NC(=O)Cc2ccc(Cl)c(Cl)c2)cc1. The zero-order valence-electron chi connectivity index (χ0n) is 13.8. The minimum atomic E-state index is -3.41. The summed E-state index contributed by atoms with van der Waals surface area (Å²) in [6, 6.07) is 11.6. The van der Waals surface area contributed by atoms with Gasteiger partial charge in [-0.15, -0.1) is 6.58 Å². The number of anilines is 1. The van der Waals surface area contributed by atoms with Crippen LogP contribution in [-0.2, 0) is 27.0 Å². The fourth-order valence-electron chi connectivity index (χ4n) is 2.18. The summed E-state index contributed by atoms with van der Waals surface area (Å²) in [6.07, 6.45) is 1.63. The Bertz CT molecular complexity index is 897. The summed E-state index contributed by atoms with van der Waals surface area (Å²) >= 11 is 11.8. The second kappa shape index (κ2) is 9.19. The van der Waals surface area contributed by atoms with Crippen LogP contribution < -0.4 is 10.0 Å². The van der Waals surface area contributed by atoms with Crippen LogP contribution >= 0.6 is 23.2 Å². The Morgan fingerprint density at radius 3 is 2.31 bits per heavy atom. The predicted octanol–water partition coefficient (Wildman–Crippen LogP) is 3.78. The highest BCUT2D eigenvalue weighted by Crippen LogP contribution is 2.23. The standard InChI is InChI=1S/C18H18Cl2N2O3S/c1-2-9-21-26(24,25)12-13-3-6-15(7-4-13)22-18(23)11-14-5-8-16(19)17(20)10-14/h2-8,10,21H,1,9,11-12H2,(H,22,23). The van der Waals surface area contributed by atoms with Crippen LogP contribution in [0.25, 0.3) is 0 Å². The first kappa shape index (κ1) is 20.5. The van der Waals surface area contributed by atoms with Crippen molar-refractivity contribution in [3.05, 3.63) is 76.3 Å². The Balaban J connectivity index is 1.94. The van der Waals surface area contributed by atoms with E-state index in [-0.39, 0.29) is 24.6 Å². The van der Waals surface area contributed by atoms with Gasteiger partial charge in [0.2, 0.25) is 15.9 Å². The third-order valence-corrected chi connectivity index (χ3v) is 5.45. The maximum absolute atomic E-state index is 12.1. The van der Waals surface area contributed by atoms with Gasteiger partial charge in [-0.2, -0.15) is 0 Å². The Morgan fingerprint density at radius 1 is 1.04 bits per heavy atom. The van der Waals surface area contributed by atoms with Gasteiger partial charge in [0, 0.05) is 12.2 Å². The van der Waals surface area contributed by atoms with Gasteiger partial charge < -0.3 is 5.32 Å². The van der Waals surface area contributed by atoms with E-state index < -0.39 is 10.0 Å². The lowest BCUT2D eigenvalue weighted by Gasteiger charge is -2.08. The van der Waals surface area contributed by atoms with Crippen molar-refractivity contribution in [2.24, 2.45) is 0 Å². The molecule has 2 aromatic rings. The molecule has 26 heavy (non-hydrogen) atoms. The van der Waals surface area contributed by atoms with Gasteiger partial charge in [0.25, 0.3) is 0 Å². The van der Waals surface area contributed by atoms with Crippen LogP contribution in [0, 0.1) is 0 Å². The van der Waals surface area contributed by atoms with Crippen molar-refractivity contribution >= 4 is 44.8 Å². The molecule has 0 atom stereocenters. The van der Waals surface area contributed by atoms with E-state index in [9.17, 15) is 13.2 Å². The zero-order chi connectivity index (χ0) is 19.2. The Hall–Kier alpha value is -1.86. The van der Waals surface area contributed by atoms with Crippen LogP contribution in [0.3, 0.4) is 0 Å². The normalized spacial score (nSPS) is 11.2. The molecule has 0 bridgehead atoms. The van der Waals surface area contributed by atoms with Crippen molar-refractivity contribution in [1.82, 2.24) is 4.72 Å². The van der Waals surface area contributed by atoms with E-state index in [2.05, 4.69) is 16.6 Å². The first-order chi connectivity index (χ1) is 12.3. The maximum atomic E-state index is 12.1. The minimum absolute atomic E-state index is 0.141. The van der Waals surface area contributed by atoms with E-state index >= 15 is 0 Å². The number of carbonyl (C=O) groups excluding carboxylic acids is 1. The van der Waals surface area contributed by atoms with Gasteiger partial charge in [0.15, 0.2) is 0 Å². The number of hydrogen-bond donors (Lipinski definition) is 2. The molecule has 0 aliphatic heterocycles. The molecular weight excluding hydrogens is 395 g/mol. The molecule has 0 unspecified atom stereocenters. The highest BCUT2D eigenvalue weighted by Gasteiger charge is 2.11. The Kier molecular flexibility index (Phi) is 7.23. The highest BCUT2D eigenvalue weighted by molar-refractivity contribution is 7.88. The van der Waals surface area contributed by atoms with Crippen LogP contribution in [0.1, 0.15) is 11.1 Å². The molecular formula is C18H18Cl2N2O3S. The lowest BCUT2D eigenvalue weighted by atomic mass is 10.1. The second-order valence-electron chi connectivity index (χ2n) is 5.57. The van der Waals surface area contributed by atoms with Gasteiger partial charge in [-0.1, -0.05) is 47.5 Å². The van der Waals surface area contributed by atoms with Gasteiger partial charge in [-0.05, 0) is 35.4 Å². The summed E-state index contributed by atoms with van der Waals surface area (Å²) in [5, 5.41) is 3.59. The average Bonchev–Trinajstić information content (AvgIpc) is 2.58. The number of benzene rings is 2. The summed E-state index contributed by atoms with van der Waals surface area (Å²) in [6.45, 7) is 3.65. The molecule has 0 spiro atoms. The summed E-state index contributed by atoms with van der Waals surface area (Å²) < 4.78 is 26.1. The molecule has 0 aliphatic rings. The third kappa shape index (κ3) is 6.46. The molecule has 5 nitrogen and oxygen atoms in total. The van der Waals surface area contributed by atoms with E-state index in [1.165, 1.54) is 6.08 Å².